The van der Waals surface area contributed by atoms with Gasteiger partial charge >= 0.3 is 5.97 Å². The van der Waals surface area contributed by atoms with Gasteiger partial charge in [0.05, 0.1) is 11.1 Å². The largest absolute Gasteiger partial charge is 0.477 e. The summed E-state index contributed by atoms with van der Waals surface area (Å²) in [6.07, 6.45) is 0.924. The van der Waals surface area contributed by atoms with Crippen LogP contribution in [0.3, 0.4) is 0 Å². The van der Waals surface area contributed by atoms with Crippen molar-refractivity contribution in [1.82, 2.24) is 9.55 Å². The SMILES string of the molecule is C[C@@H]1[C@@H]2[C@@H](CN)[C@@H]2CN1c1nc2c(cc1F)c(=O)c(C(=O)O)cn2-c1ccc(F)cc1F. The number of nitrogens with zero attached hydrogens (tertiary/aromatic N) is 3. The molecule has 4 atom stereocenters. The van der Waals surface area contributed by atoms with Gasteiger partial charge in [-0.15, -0.1) is 0 Å². The van der Waals surface area contributed by atoms with Crippen LogP contribution in [0.25, 0.3) is 16.7 Å². The molecule has 0 amide bonds. The summed E-state index contributed by atoms with van der Waals surface area (Å²) in [5, 5.41) is 9.11. The molecule has 0 spiro atoms. The van der Waals surface area contributed by atoms with Crippen LogP contribution in [0.4, 0.5) is 19.0 Å². The summed E-state index contributed by atoms with van der Waals surface area (Å²) >= 11 is 0. The van der Waals surface area contributed by atoms with Gasteiger partial charge in [0.25, 0.3) is 0 Å². The number of pyridine rings is 2. The Morgan fingerprint density at radius 2 is 2.00 bits per heavy atom. The van der Waals surface area contributed by atoms with Crippen molar-refractivity contribution in [2.75, 3.05) is 18.0 Å². The molecule has 3 aromatic rings. The van der Waals surface area contributed by atoms with Gasteiger partial charge < -0.3 is 15.7 Å². The maximum Gasteiger partial charge on any atom is 0.341 e. The summed E-state index contributed by atoms with van der Waals surface area (Å²) in [6, 6.07) is 3.63. The van der Waals surface area contributed by atoms with E-state index in [4.69, 9.17) is 5.73 Å². The molecule has 1 aliphatic carbocycles. The second kappa shape index (κ2) is 7.06. The highest BCUT2D eigenvalue weighted by Crippen LogP contribution is 2.55. The van der Waals surface area contributed by atoms with Crippen LogP contribution in [-0.2, 0) is 0 Å². The normalized spacial score (nSPS) is 24.1. The third kappa shape index (κ3) is 2.89. The number of halogens is 3. The van der Waals surface area contributed by atoms with E-state index in [9.17, 15) is 23.5 Å². The number of anilines is 1. The number of carboxylic acid groups (broad SMARTS) is 1. The first-order valence-corrected chi connectivity index (χ1v) is 10.1. The van der Waals surface area contributed by atoms with Crippen LogP contribution >= 0.6 is 0 Å². The molecule has 1 aromatic carbocycles. The van der Waals surface area contributed by atoms with Crippen molar-refractivity contribution in [1.29, 1.82) is 0 Å². The molecular weight excluding hydrogens is 425 g/mol. The molecule has 7 nitrogen and oxygen atoms in total. The van der Waals surface area contributed by atoms with E-state index in [1.54, 1.807) is 4.90 Å². The van der Waals surface area contributed by atoms with Gasteiger partial charge in [0.2, 0.25) is 5.43 Å². The first-order valence-electron chi connectivity index (χ1n) is 10.1. The fraction of sp³-hybridized carbons (Fsp3) is 0.318. The Bertz CT molecular complexity index is 1340. The van der Waals surface area contributed by atoms with Crippen LogP contribution < -0.4 is 16.1 Å². The topological polar surface area (TPSA) is 101 Å². The van der Waals surface area contributed by atoms with Crippen LogP contribution in [0.5, 0.6) is 0 Å². The quantitative estimate of drug-likeness (QED) is 0.641. The van der Waals surface area contributed by atoms with Crippen molar-refractivity contribution in [2.24, 2.45) is 23.5 Å². The molecule has 32 heavy (non-hydrogen) atoms. The van der Waals surface area contributed by atoms with Gasteiger partial charge in [-0.2, -0.15) is 0 Å². The summed E-state index contributed by atoms with van der Waals surface area (Å²) in [5.74, 6) is -3.11. The summed E-state index contributed by atoms with van der Waals surface area (Å²) in [5.41, 5.74) is 3.82. The molecule has 166 valence electrons. The maximum atomic E-state index is 15.1. The number of hydrogen-bond donors (Lipinski definition) is 2. The van der Waals surface area contributed by atoms with E-state index >= 15 is 4.39 Å². The predicted molar refractivity (Wildman–Crippen MR) is 111 cm³/mol. The van der Waals surface area contributed by atoms with Gasteiger partial charge in [0.1, 0.15) is 17.2 Å². The van der Waals surface area contributed by atoms with Gasteiger partial charge in [-0.25, -0.2) is 22.9 Å². The minimum atomic E-state index is -1.56. The lowest BCUT2D eigenvalue weighted by atomic mass is 10.1. The van der Waals surface area contributed by atoms with Gasteiger partial charge in [-0.3, -0.25) is 9.36 Å². The lowest BCUT2D eigenvalue weighted by Gasteiger charge is -2.28. The third-order valence-electron chi connectivity index (χ3n) is 6.71. The second-order valence-corrected chi connectivity index (χ2v) is 8.34. The fourth-order valence-corrected chi connectivity index (χ4v) is 5.09. The Morgan fingerprint density at radius 3 is 2.59 bits per heavy atom. The van der Waals surface area contributed by atoms with E-state index in [0.29, 0.717) is 36.9 Å². The number of aromatic carboxylic acids is 1. The standard InChI is InChI=1S/C22H19F3N4O3/c1-9-18-12(6-26)13(18)7-28(9)21-16(25)5-11-19(30)14(22(31)32)8-29(20(11)27-21)17-3-2-10(23)4-15(17)24/h2-5,8-9,12-13,18H,6-7,26H2,1H3,(H,31,32)/t9-,12+,13+,18-/m1/s1. The number of piperidine rings is 1. The predicted octanol–water partition coefficient (Wildman–Crippen LogP) is 2.53. The van der Waals surface area contributed by atoms with Crippen molar-refractivity contribution in [3.8, 4) is 5.69 Å². The van der Waals surface area contributed by atoms with Crippen LogP contribution in [0.1, 0.15) is 17.3 Å². The number of fused-ring (bicyclic) bond motifs is 2. The van der Waals surface area contributed by atoms with Crippen LogP contribution in [-0.4, -0.2) is 39.8 Å². The highest BCUT2D eigenvalue weighted by Gasteiger charge is 2.59. The van der Waals surface area contributed by atoms with Gasteiger partial charge in [-0.05, 0) is 49.4 Å². The van der Waals surface area contributed by atoms with Crippen LogP contribution in [0.2, 0.25) is 0 Å². The highest BCUT2D eigenvalue weighted by atomic mass is 19.1. The van der Waals surface area contributed by atoms with Crippen molar-refractivity contribution >= 4 is 22.8 Å². The van der Waals surface area contributed by atoms with Crippen molar-refractivity contribution < 1.29 is 23.1 Å². The summed E-state index contributed by atoms with van der Waals surface area (Å²) in [4.78, 5) is 30.4. The summed E-state index contributed by atoms with van der Waals surface area (Å²) < 4.78 is 44.1. The molecule has 0 unspecified atom stereocenters. The number of carbonyl (C=O) groups is 1. The Kier molecular flexibility index (Phi) is 4.52. The van der Waals surface area contributed by atoms with E-state index in [2.05, 4.69) is 4.98 Å². The van der Waals surface area contributed by atoms with Crippen LogP contribution in [0.15, 0.2) is 35.3 Å². The first-order chi connectivity index (χ1) is 15.2. The zero-order valence-corrected chi connectivity index (χ0v) is 16.9. The minimum absolute atomic E-state index is 0.00767. The molecule has 1 saturated heterocycles. The van der Waals surface area contributed by atoms with E-state index in [1.165, 1.54) is 0 Å². The molecule has 0 radical (unpaired) electrons. The molecule has 1 saturated carbocycles. The molecule has 1 aliphatic heterocycles. The second-order valence-electron chi connectivity index (χ2n) is 8.34. The average Bonchev–Trinajstić information content (AvgIpc) is 3.35. The number of nitrogens with two attached hydrogens (primary N) is 1. The number of carboxylic acids is 1. The van der Waals surface area contributed by atoms with Gasteiger partial charge in [0, 0.05) is 24.8 Å². The van der Waals surface area contributed by atoms with Gasteiger partial charge in [-0.1, -0.05) is 0 Å². The van der Waals surface area contributed by atoms with Gasteiger partial charge in [0.15, 0.2) is 17.3 Å². The van der Waals surface area contributed by atoms with Crippen molar-refractivity contribution in [2.45, 2.75) is 13.0 Å². The van der Waals surface area contributed by atoms with Crippen molar-refractivity contribution in [3.63, 3.8) is 0 Å². The molecule has 10 heteroatoms. The van der Waals surface area contributed by atoms with Crippen molar-refractivity contribution in [3.05, 3.63) is 63.7 Å². The van der Waals surface area contributed by atoms with E-state index in [-0.39, 0.29) is 28.6 Å². The Balaban J connectivity index is 1.73. The zero-order valence-electron chi connectivity index (χ0n) is 16.9. The van der Waals surface area contributed by atoms with E-state index in [0.717, 1.165) is 29.0 Å². The lowest BCUT2D eigenvalue weighted by molar-refractivity contribution is 0.0695. The minimum Gasteiger partial charge on any atom is -0.477 e. The number of benzene rings is 1. The lowest BCUT2D eigenvalue weighted by Crippen LogP contribution is -2.35. The smallest absolute Gasteiger partial charge is 0.341 e. The first kappa shape index (κ1) is 20.5. The third-order valence-corrected chi connectivity index (χ3v) is 6.71. The molecule has 0 bridgehead atoms. The molecule has 2 aliphatic rings. The Morgan fingerprint density at radius 1 is 1.25 bits per heavy atom. The molecule has 3 heterocycles. The van der Waals surface area contributed by atoms with Crippen LogP contribution in [0, 0.1) is 35.2 Å². The number of aromatic nitrogens is 2. The molecular formula is C22H19F3N4O3. The monoisotopic (exact) mass is 444 g/mol. The van der Waals surface area contributed by atoms with E-state index < -0.39 is 34.4 Å². The molecule has 2 fully saturated rings. The highest BCUT2D eigenvalue weighted by molar-refractivity contribution is 5.92. The van der Waals surface area contributed by atoms with E-state index in [1.807, 2.05) is 6.92 Å². The average molecular weight is 444 g/mol. The Labute approximate surface area is 179 Å². The molecule has 3 N–H and O–H groups in total. The maximum absolute atomic E-state index is 15.1. The fourth-order valence-electron chi connectivity index (χ4n) is 5.09. The zero-order chi connectivity index (χ0) is 22.9. The summed E-state index contributed by atoms with van der Waals surface area (Å²) in [6.45, 7) is 3.06. The Hall–Kier alpha value is -3.40. The molecule has 2 aromatic heterocycles. The number of hydrogen-bond acceptors (Lipinski definition) is 5. The summed E-state index contributed by atoms with van der Waals surface area (Å²) in [7, 11) is 0. The molecule has 5 rings (SSSR count). The number of rotatable bonds is 4.